The lowest BCUT2D eigenvalue weighted by Gasteiger charge is -2.38. The highest BCUT2D eigenvalue weighted by atomic mass is 16.2. The number of benzene rings is 2. The molecular formula is C26H27N5O2. The zero-order chi connectivity index (χ0) is 22.6. The van der Waals surface area contributed by atoms with Crippen LogP contribution in [-0.4, -0.2) is 58.1 Å². The second-order valence-corrected chi connectivity index (χ2v) is 8.74. The zero-order valence-electron chi connectivity index (χ0n) is 18.4. The average molecular weight is 442 g/mol. The fourth-order valence-corrected chi connectivity index (χ4v) is 4.58. The minimum absolute atomic E-state index is 0.0874. The van der Waals surface area contributed by atoms with Crippen molar-refractivity contribution in [2.75, 3.05) is 31.5 Å². The van der Waals surface area contributed by atoms with Crippen molar-refractivity contribution in [1.82, 2.24) is 20.0 Å². The van der Waals surface area contributed by atoms with Crippen molar-refractivity contribution < 1.29 is 9.59 Å². The van der Waals surface area contributed by atoms with Gasteiger partial charge in [-0.3, -0.25) is 4.79 Å². The lowest BCUT2D eigenvalue weighted by atomic mass is 9.89. The highest BCUT2D eigenvalue weighted by molar-refractivity contribution is 5.94. The third-order valence-corrected chi connectivity index (χ3v) is 6.62. The van der Waals surface area contributed by atoms with Gasteiger partial charge >= 0.3 is 6.03 Å². The van der Waals surface area contributed by atoms with Crippen LogP contribution in [0.15, 0.2) is 72.9 Å². The van der Waals surface area contributed by atoms with E-state index in [-0.39, 0.29) is 17.9 Å². The van der Waals surface area contributed by atoms with Gasteiger partial charge in [0.15, 0.2) is 0 Å². The van der Waals surface area contributed by atoms with Crippen LogP contribution >= 0.6 is 0 Å². The summed E-state index contributed by atoms with van der Waals surface area (Å²) in [6.45, 7) is 2.84. The number of amides is 3. The van der Waals surface area contributed by atoms with Crippen molar-refractivity contribution in [3.63, 3.8) is 0 Å². The van der Waals surface area contributed by atoms with Gasteiger partial charge in [-0.1, -0.05) is 30.3 Å². The average Bonchev–Trinajstić information content (AvgIpc) is 2.84. The second-order valence-electron chi connectivity index (χ2n) is 8.74. The van der Waals surface area contributed by atoms with E-state index in [2.05, 4.69) is 27.6 Å². The van der Waals surface area contributed by atoms with Gasteiger partial charge in [0.05, 0.1) is 5.69 Å². The molecule has 2 aromatic carbocycles. The van der Waals surface area contributed by atoms with Gasteiger partial charge in [-0.15, -0.1) is 0 Å². The fourth-order valence-electron chi connectivity index (χ4n) is 4.58. The predicted molar refractivity (Wildman–Crippen MR) is 126 cm³/mol. The number of rotatable bonds is 4. The first kappa shape index (κ1) is 21.1. The molecule has 0 unspecified atom stereocenters. The van der Waals surface area contributed by atoms with Gasteiger partial charge < -0.3 is 15.1 Å². The van der Waals surface area contributed by atoms with Gasteiger partial charge in [-0.05, 0) is 60.7 Å². The minimum atomic E-state index is -0.0874. The smallest absolute Gasteiger partial charge is 0.321 e. The van der Waals surface area contributed by atoms with Crippen LogP contribution in [-0.2, 0) is 0 Å². The van der Waals surface area contributed by atoms with Gasteiger partial charge in [-0.25, -0.2) is 4.79 Å². The number of nitrogens with zero attached hydrogens (tertiary/aromatic N) is 4. The van der Waals surface area contributed by atoms with E-state index in [1.165, 1.54) is 5.56 Å². The van der Waals surface area contributed by atoms with Gasteiger partial charge in [0.2, 0.25) is 0 Å². The number of carbonyl (C=O) groups is 2. The van der Waals surface area contributed by atoms with E-state index in [9.17, 15) is 9.59 Å². The molecule has 0 aliphatic carbocycles. The highest BCUT2D eigenvalue weighted by Crippen LogP contribution is 2.30. The Kier molecular flexibility index (Phi) is 6.02. The molecule has 3 amide bonds. The van der Waals surface area contributed by atoms with E-state index >= 15 is 0 Å². The summed E-state index contributed by atoms with van der Waals surface area (Å²) in [5, 5.41) is 11.0. The molecule has 7 nitrogen and oxygen atoms in total. The number of likely N-dealkylation sites (tertiary alicyclic amines) is 2. The molecule has 0 atom stereocenters. The largest absolute Gasteiger partial charge is 0.339 e. The lowest BCUT2D eigenvalue weighted by molar-refractivity contribution is 0.0713. The SMILES string of the molecule is O=C(Nc1ccc(C2CCN(C(=O)c3ccccc3)CC2)cc1)N1CC(c2cccnn2)C1. The first-order valence-corrected chi connectivity index (χ1v) is 11.4. The quantitative estimate of drug-likeness (QED) is 0.660. The molecule has 33 heavy (non-hydrogen) atoms. The van der Waals surface area contributed by atoms with Crippen LogP contribution in [0, 0.1) is 0 Å². The summed E-state index contributed by atoms with van der Waals surface area (Å²) < 4.78 is 0. The number of urea groups is 1. The van der Waals surface area contributed by atoms with Crippen LogP contribution in [0.3, 0.4) is 0 Å². The standard InChI is InChI=1S/C26H27N5O2/c32-25(21-5-2-1-3-6-21)30-15-12-20(13-16-30)19-8-10-23(11-9-19)28-26(33)31-17-22(18-31)24-7-4-14-27-29-24/h1-11,14,20,22H,12-13,15-18H2,(H,28,33). The maximum atomic E-state index is 12.7. The summed E-state index contributed by atoms with van der Waals surface area (Å²) in [4.78, 5) is 28.9. The van der Waals surface area contributed by atoms with Gasteiger partial charge in [0.1, 0.15) is 0 Å². The predicted octanol–water partition coefficient (Wildman–Crippen LogP) is 4.13. The van der Waals surface area contributed by atoms with Crippen molar-refractivity contribution in [2.45, 2.75) is 24.7 Å². The van der Waals surface area contributed by atoms with Crippen molar-refractivity contribution in [2.24, 2.45) is 0 Å². The molecule has 2 aliphatic rings. The summed E-state index contributed by atoms with van der Waals surface area (Å²) in [5.74, 6) is 0.795. The molecule has 7 heteroatoms. The van der Waals surface area contributed by atoms with E-state index in [4.69, 9.17) is 0 Å². The first-order chi connectivity index (χ1) is 16.2. The van der Waals surface area contributed by atoms with E-state index in [1.807, 2.05) is 59.5 Å². The number of hydrogen-bond donors (Lipinski definition) is 1. The first-order valence-electron chi connectivity index (χ1n) is 11.4. The van der Waals surface area contributed by atoms with Gasteiger partial charge in [0, 0.05) is 49.5 Å². The molecule has 2 fully saturated rings. The van der Waals surface area contributed by atoms with Crippen LogP contribution in [0.5, 0.6) is 0 Å². The van der Waals surface area contributed by atoms with E-state index < -0.39 is 0 Å². The number of anilines is 1. The van der Waals surface area contributed by atoms with Crippen molar-refractivity contribution in [1.29, 1.82) is 0 Å². The monoisotopic (exact) mass is 441 g/mol. The molecule has 168 valence electrons. The Morgan fingerprint density at radius 2 is 1.55 bits per heavy atom. The van der Waals surface area contributed by atoms with E-state index in [1.54, 1.807) is 11.1 Å². The van der Waals surface area contributed by atoms with Crippen LogP contribution < -0.4 is 5.32 Å². The molecule has 0 bridgehead atoms. The van der Waals surface area contributed by atoms with Crippen molar-refractivity contribution in [3.05, 3.63) is 89.7 Å². The summed E-state index contributed by atoms with van der Waals surface area (Å²) in [6.07, 6.45) is 3.55. The highest BCUT2D eigenvalue weighted by Gasteiger charge is 2.33. The number of hydrogen-bond acceptors (Lipinski definition) is 4. The molecule has 1 aromatic heterocycles. The Bertz CT molecular complexity index is 1090. The van der Waals surface area contributed by atoms with E-state index in [0.29, 0.717) is 19.0 Å². The number of aromatic nitrogens is 2. The number of piperidine rings is 1. The molecule has 0 spiro atoms. The summed E-state index contributed by atoms with van der Waals surface area (Å²) in [6, 6.07) is 21.3. The fraction of sp³-hybridized carbons (Fsp3) is 0.308. The third-order valence-electron chi connectivity index (χ3n) is 6.62. The molecule has 1 N–H and O–H groups in total. The molecular weight excluding hydrogens is 414 g/mol. The van der Waals surface area contributed by atoms with Crippen molar-refractivity contribution >= 4 is 17.6 Å². The Labute approximate surface area is 193 Å². The molecule has 2 aliphatic heterocycles. The molecule has 3 aromatic rings. The Morgan fingerprint density at radius 1 is 0.818 bits per heavy atom. The molecule has 3 heterocycles. The third kappa shape index (κ3) is 4.72. The molecule has 5 rings (SSSR count). The van der Waals surface area contributed by atoms with E-state index in [0.717, 1.165) is 42.9 Å². The Hall–Kier alpha value is -3.74. The topological polar surface area (TPSA) is 78.4 Å². The van der Waals surface area contributed by atoms with Crippen LogP contribution in [0.4, 0.5) is 10.5 Å². The van der Waals surface area contributed by atoms with Gasteiger partial charge in [0.25, 0.3) is 5.91 Å². The molecule has 0 radical (unpaired) electrons. The maximum Gasteiger partial charge on any atom is 0.321 e. The number of nitrogens with one attached hydrogen (secondary N) is 1. The summed E-state index contributed by atoms with van der Waals surface area (Å²) in [5.41, 5.74) is 3.73. The molecule has 2 saturated heterocycles. The maximum absolute atomic E-state index is 12.7. The van der Waals surface area contributed by atoms with Crippen LogP contribution in [0.1, 0.15) is 46.3 Å². The molecule has 0 saturated carbocycles. The van der Waals surface area contributed by atoms with Crippen LogP contribution in [0.2, 0.25) is 0 Å². The summed E-state index contributed by atoms with van der Waals surface area (Å²) in [7, 11) is 0. The number of carbonyl (C=O) groups excluding carboxylic acids is 2. The Balaban J connectivity index is 1.10. The normalized spacial score (nSPS) is 16.8. The second kappa shape index (κ2) is 9.40. The lowest BCUT2D eigenvalue weighted by Crippen LogP contribution is -2.50. The van der Waals surface area contributed by atoms with Crippen molar-refractivity contribution in [3.8, 4) is 0 Å². The minimum Gasteiger partial charge on any atom is -0.339 e. The Morgan fingerprint density at radius 3 is 2.21 bits per heavy atom. The summed E-state index contributed by atoms with van der Waals surface area (Å²) >= 11 is 0. The van der Waals surface area contributed by atoms with Gasteiger partial charge in [-0.2, -0.15) is 10.2 Å². The van der Waals surface area contributed by atoms with Crippen LogP contribution in [0.25, 0.3) is 0 Å². The zero-order valence-corrected chi connectivity index (χ0v) is 18.4.